The van der Waals surface area contributed by atoms with Crippen molar-refractivity contribution in [3.63, 3.8) is 0 Å². The van der Waals surface area contributed by atoms with E-state index in [0.29, 0.717) is 12.2 Å². The number of amides is 2. The molecule has 1 aromatic heterocycles. The number of hydrogen-bond donors (Lipinski definition) is 1. The quantitative estimate of drug-likeness (QED) is 0.814. The van der Waals surface area contributed by atoms with E-state index in [4.69, 9.17) is 0 Å². The molecule has 2 rings (SSSR count). The fourth-order valence-corrected chi connectivity index (χ4v) is 2.31. The normalized spacial score (nSPS) is 27.4. The van der Waals surface area contributed by atoms with Gasteiger partial charge in [-0.3, -0.25) is 9.59 Å². The molecule has 1 aromatic rings. The summed E-state index contributed by atoms with van der Waals surface area (Å²) >= 11 is 0. The lowest BCUT2D eigenvalue weighted by Crippen LogP contribution is -2.55. The lowest BCUT2D eigenvalue weighted by Gasteiger charge is -2.32. The molecule has 1 aliphatic rings. The van der Waals surface area contributed by atoms with Gasteiger partial charge in [-0.2, -0.15) is 4.80 Å². The molecule has 2 heterocycles. The van der Waals surface area contributed by atoms with Gasteiger partial charge in [-0.15, -0.1) is 10.2 Å². The largest absolute Gasteiger partial charge is 0.342 e. The molecule has 0 spiro atoms. The SMILES string of the molecule is CCC1(C)NC(=O)CC(C)N(Cc2nnn(C)n2)C1=O. The first-order valence-electron chi connectivity index (χ1n) is 6.70. The predicted molar refractivity (Wildman–Crippen MR) is 70.3 cm³/mol. The Bertz CT molecular complexity index is 528. The highest BCUT2D eigenvalue weighted by Gasteiger charge is 2.42. The highest BCUT2D eigenvalue weighted by atomic mass is 16.2. The summed E-state index contributed by atoms with van der Waals surface area (Å²) in [5.41, 5.74) is -0.871. The average molecular weight is 280 g/mol. The van der Waals surface area contributed by atoms with Gasteiger partial charge in [0.25, 0.3) is 0 Å². The summed E-state index contributed by atoms with van der Waals surface area (Å²) in [5, 5.41) is 14.6. The molecule has 8 heteroatoms. The Balaban J connectivity index is 2.28. The zero-order chi connectivity index (χ0) is 14.9. The molecule has 1 saturated heterocycles. The van der Waals surface area contributed by atoms with Gasteiger partial charge < -0.3 is 10.2 Å². The third kappa shape index (κ3) is 2.63. The first-order chi connectivity index (χ1) is 9.35. The van der Waals surface area contributed by atoms with Gasteiger partial charge in [-0.25, -0.2) is 0 Å². The third-order valence-electron chi connectivity index (χ3n) is 3.73. The minimum atomic E-state index is -0.871. The van der Waals surface area contributed by atoms with Crippen molar-refractivity contribution in [3.8, 4) is 0 Å². The first-order valence-corrected chi connectivity index (χ1v) is 6.70. The van der Waals surface area contributed by atoms with E-state index in [-0.39, 0.29) is 30.8 Å². The van der Waals surface area contributed by atoms with Crippen LogP contribution < -0.4 is 5.32 Å². The lowest BCUT2D eigenvalue weighted by molar-refractivity contribution is -0.140. The molecule has 0 saturated carbocycles. The van der Waals surface area contributed by atoms with Gasteiger partial charge in [0.1, 0.15) is 5.54 Å². The highest BCUT2D eigenvalue weighted by molar-refractivity contribution is 5.93. The number of aromatic nitrogens is 4. The maximum absolute atomic E-state index is 12.7. The summed E-state index contributed by atoms with van der Waals surface area (Å²) in [5.74, 6) is 0.260. The van der Waals surface area contributed by atoms with Crippen LogP contribution in [0.1, 0.15) is 39.4 Å². The van der Waals surface area contributed by atoms with E-state index in [2.05, 4.69) is 20.7 Å². The maximum atomic E-state index is 12.7. The molecule has 2 amide bonds. The Morgan fingerprint density at radius 1 is 1.45 bits per heavy atom. The van der Waals surface area contributed by atoms with Crippen molar-refractivity contribution in [2.45, 2.75) is 51.7 Å². The molecule has 110 valence electrons. The number of nitrogens with zero attached hydrogens (tertiary/aromatic N) is 5. The van der Waals surface area contributed by atoms with Gasteiger partial charge >= 0.3 is 0 Å². The van der Waals surface area contributed by atoms with E-state index in [9.17, 15) is 9.59 Å². The molecule has 2 atom stereocenters. The van der Waals surface area contributed by atoms with Gasteiger partial charge in [-0.1, -0.05) is 6.92 Å². The molecule has 0 aromatic carbocycles. The number of aryl methyl sites for hydroxylation is 1. The number of tetrazole rings is 1. The van der Waals surface area contributed by atoms with E-state index < -0.39 is 5.54 Å². The van der Waals surface area contributed by atoms with E-state index in [1.54, 1.807) is 18.9 Å². The molecule has 0 radical (unpaired) electrons. The molecule has 0 aliphatic carbocycles. The van der Waals surface area contributed by atoms with E-state index in [1.807, 2.05) is 13.8 Å². The fraction of sp³-hybridized carbons (Fsp3) is 0.750. The van der Waals surface area contributed by atoms with Gasteiger partial charge in [0, 0.05) is 12.5 Å². The Morgan fingerprint density at radius 3 is 2.70 bits per heavy atom. The minimum Gasteiger partial charge on any atom is -0.342 e. The van der Waals surface area contributed by atoms with Crippen molar-refractivity contribution >= 4 is 11.8 Å². The van der Waals surface area contributed by atoms with Gasteiger partial charge in [-0.05, 0) is 25.5 Å². The van der Waals surface area contributed by atoms with Crippen molar-refractivity contribution < 1.29 is 9.59 Å². The van der Waals surface area contributed by atoms with Crippen LogP contribution in [-0.4, -0.2) is 48.5 Å². The molecule has 20 heavy (non-hydrogen) atoms. The van der Waals surface area contributed by atoms with Gasteiger partial charge in [0.15, 0.2) is 5.82 Å². The van der Waals surface area contributed by atoms with E-state index in [1.165, 1.54) is 4.80 Å². The van der Waals surface area contributed by atoms with Crippen molar-refractivity contribution in [2.24, 2.45) is 7.05 Å². The zero-order valence-corrected chi connectivity index (χ0v) is 12.3. The Labute approximate surface area is 117 Å². The average Bonchev–Trinajstić information content (AvgIpc) is 2.76. The standard InChI is InChI=1S/C12H20N6O2/c1-5-12(3)11(20)18(8(2)6-10(19)13-12)7-9-14-16-17(4)15-9/h8H,5-7H2,1-4H3,(H,13,19). The van der Waals surface area contributed by atoms with Crippen molar-refractivity contribution in [1.29, 1.82) is 0 Å². The molecular weight excluding hydrogens is 260 g/mol. The predicted octanol–water partition coefficient (Wildman–Crippen LogP) is -0.384. The van der Waals surface area contributed by atoms with Crippen LogP contribution in [0.2, 0.25) is 0 Å². The molecule has 0 bridgehead atoms. The molecule has 1 aliphatic heterocycles. The van der Waals surface area contributed by atoms with Crippen molar-refractivity contribution in [3.05, 3.63) is 5.82 Å². The summed E-state index contributed by atoms with van der Waals surface area (Å²) in [6.07, 6.45) is 0.816. The number of carbonyl (C=O) groups excluding carboxylic acids is 2. The zero-order valence-electron chi connectivity index (χ0n) is 12.3. The van der Waals surface area contributed by atoms with Crippen LogP contribution in [0.25, 0.3) is 0 Å². The lowest BCUT2D eigenvalue weighted by atomic mass is 9.97. The summed E-state index contributed by atoms with van der Waals surface area (Å²) in [6.45, 7) is 5.75. The number of carbonyl (C=O) groups is 2. The Kier molecular flexibility index (Phi) is 3.74. The second kappa shape index (κ2) is 5.18. The van der Waals surface area contributed by atoms with Crippen LogP contribution in [0.5, 0.6) is 0 Å². The monoisotopic (exact) mass is 280 g/mol. The summed E-state index contributed by atoms with van der Waals surface area (Å²) in [7, 11) is 1.67. The number of nitrogens with one attached hydrogen (secondary N) is 1. The van der Waals surface area contributed by atoms with Crippen LogP contribution >= 0.6 is 0 Å². The summed E-state index contributed by atoms with van der Waals surface area (Å²) in [4.78, 5) is 27.6. The molecule has 2 unspecified atom stereocenters. The topological polar surface area (TPSA) is 93.0 Å². The van der Waals surface area contributed by atoms with Crippen LogP contribution in [0.15, 0.2) is 0 Å². The van der Waals surface area contributed by atoms with E-state index >= 15 is 0 Å². The Morgan fingerprint density at radius 2 is 2.15 bits per heavy atom. The highest BCUT2D eigenvalue weighted by Crippen LogP contribution is 2.22. The van der Waals surface area contributed by atoms with Crippen LogP contribution in [0, 0.1) is 0 Å². The smallest absolute Gasteiger partial charge is 0.248 e. The molecule has 1 fully saturated rings. The molecule has 1 N–H and O–H groups in total. The van der Waals surface area contributed by atoms with Crippen LogP contribution in [0.3, 0.4) is 0 Å². The summed E-state index contributed by atoms with van der Waals surface area (Å²) in [6, 6.07) is -0.195. The Hall–Kier alpha value is -1.99. The van der Waals surface area contributed by atoms with Gasteiger partial charge in [0.2, 0.25) is 11.8 Å². The fourth-order valence-electron chi connectivity index (χ4n) is 2.31. The van der Waals surface area contributed by atoms with Crippen LogP contribution in [0.4, 0.5) is 0 Å². The minimum absolute atomic E-state index is 0.106. The number of hydrogen-bond acceptors (Lipinski definition) is 5. The maximum Gasteiger partial charge on any atom is 0.248 e. The van der Waals surface area contributed by atoms with E-state index in [0.717, 1.165) is 0 Å². The van der Waals surface area contributed by atoms with Gasteiger partial charge in [0.05, 0.1) is 13.6 Å². The number of rotatable bonds is 3. The first kappa shape index (κ1) is 14.4. The second-order valence-electron chi connectivity index (χ2n) is 5.42. The second-order valence-corrected chi connectivity index (χ2v) is 5.42. The van der Waals surface area contributed by atoms with Crippen LogP contribution in [-0.2, 0) is 23.2 Å². The van der Waals surface area contributed by atoms with Crippen molar-refractivity contribution in [1.82, 2.24) is 30.4 Å². The summed E-state index contributed by atoms with van der Waals surface area (Å²) < 4.78 is 0. The van der Waals surface area contributed by atoms with Crippen molar-refractivity contribution in [2.75, 3.05) is 0 Å². The molecular formula is C12H20N6O2. The molecule has 8 nitrogen and oxygen atoms in total. The third-order valence-corrected chi connectivity index (χ3v) is 3.73.